The fourth-order valence-electron chi connectivity index (χ4n) is 4.40. The molecule has 2 aromatic carbocycles. The number of rotatable bonds is 7. The minimum Gasteiger partial charge on any atom is -0.292 e. The van der Waals surface area contributed by atoms with Crippen LogP contribution >= 0.6 is 34.8 Å². The molecule has 2 aromatic rings. The van der Waals surface area contributed by atoms with Gasteiger partial charge in [-0.15, -0.1) is 11.6 Å². The van der Waals surface area contributed by atoms with Crippen molar-refractivity contribution >= 4 is 58.3 Å². The van der Waals surface area contributed by atoms with Crippen LogP contribution in [0.3, 0.4) is 0 Å². The molecule has 34 heavy (non-hydrogen) atoms. The predicted octanol–water partition coefficient (Wildman–Crippen LogP) is 5.18. The van der Waals surface area contributed by atoms with Crippen LogP contribution in [0.15, 0.2) is 60.7 Å². The molecule has 0 N–H and O–H groups in total. The van der Waals surface area contributed by atoms with Crippen LogP contribution in [0.5, 0.6) is 0 Å². The number of hydrazine groups is 1. The fourth-order valence-corrected chi connectivity index (χ4v) is 4.95. The maximum Gasteiger partial charge on any atom is 0.275 e. The van der Waals surface area contributed by atoms with Gasteiger partial charge in [0.05, 0.1) is 22.4 Å². The average molecular weight is 520 g/mol. The van der Waals surface area contributed by atoms with Crippen LogP contribution in [-0.4, -0.2) is 45.4 Å². The summed E-state index contributed by atoms with van der Waals surface area (Å²) in [6.45, 7) is 0. The summed E-state index contributed by atoms with van der Waals surface area (Å²) in [4.78, 5) is 54.2. The molecular weight excluding hydrogens is 499 g/mol. The summed E-state index contributed by atoms with van der Waals surface area (Å²) < 4.78 is 0. The first-order valence-electron chi connectivity index (χ1n) is 10.8. The van der Waals surface area contributed by atoms with Crippen molar-refractivity contribution in [3.63, 3.8) is 0 Å². The molecule has 2 aliphatic rings. The molecule has 176 valence electrons. The Hall–Kier alpha value is -2.67. The minimum absolute atomic E-state index is 0.0148. The first-order valence-corrected chi connectivity index (χ1v) is 12.1. The van der Waals surface area contributed by atoms with Gasteiger partial charge in [0.2, 0.25) is 0 Å². The summed E-state index contributed by atoms with van der Waals surface area (Å²) in [7, 11) is 0. The summed E-state index contributed by atoms with van der Waals surface area (Å²) in [6, 6.07) is 11.3. The van der Waals surface area contributed by atoms with Gasteiger partial charge in [0.25, 0.3) is 17.7 Å². The molecule has 0 unspecified atom stereocenters. The first kappa shape index (κ1) is 24.5. The Morgan fingerprint density at radius 1 is 0.941 bits per heavy atom. The number of carbonyl (C=O) groups excluding carboxylic acids is 4. The van der Waals surface area contributed by atoms with Crippen molar-refractivity contribution < 1.29 is 19.2 Å². The molecule has 4 rings (SSSR count). The zero-order chi connectivity index (χ0) is 24.4. The summed E-state index contributed by atoms with van der Waals surface area (Å²) >= 11 is 18.3. The van der Waals surface area contributed by atoms with Crippen LogP contribution in [0.2, 0.25) is 10.0 Å². The lowest BCUT2D eigenvalue weighted by atomic mass is 9.85. The van der Waals surface area contributed by atoms with Gasteiger partial charge in [-0.3, -0.25) is 19.2 Å². The molecular formula is C25H21Cl3N2O4. The number of fused-ring (bicyclic) bond motifs is 1. The van der Waals surface area contributed by atoms with Crippen molar-refractivity contribution in [3.8, 4) is 0 Å². The third kappa shape index (κ3) is 4.50. The normalized spacial score (nSPS) is 20.3. The van der Waals surface area contributed by atoms with Crippen molar-refractivity contribution in [2.24, 2.45) is 11.8 Å². The number of imide groups is 1. The number of halogens is 3. The number of hydrogen-bond acceptors (Lipinski definition) is 4. The van der Waals surface area contributed by atoms with E-state index in [9.17, 15) is 19.2 Å². The molecule has 0 spiro atoms. The van der Waals surface area contributed by atoms with Crippen LogP contribution in [-0.2, 0) is 9.59 Å². The largest absolute Gasteiger partial charge is 0.292 e. The van der Waals surface area contributed by atoms with Crippen LogP contribution in [0.25, 0.3) is 0 Å². The SMILES string of the molecule is O=C(c1ccc(Cl)cc1)[C@H](CCCl)N(C(=O)c1ccccc1Cl)N1C(=O)[C@@H]2CC=CC[C@H]2C1=O. The third-order valence-electron chi connectivity index (χ3n) is 6.12. The summed E-state index contributed by atoms with van der Waals surface area (Å²) in [5, 5.41) is 2.39. The lowest BCUT2D eigenvalue weighted by molar-refractivity contribution is -0.156. The van der Waals surface area contributed by atoms with E-state index in [0.29, 0.717) is 17.9 Å². The molecule has 0 aromatic heterocycles. The summed E-state index contributed by atoms with van der Waals surface area (Å²) in [6.07, 6.45) is 4.51. The lowest BCUT2D eigenvalue weighted by Crippen LogP contribution is -2.57. The molecule has 0 bridgehead atoms. The average Bonchev–Trinajstić information content (AvgIpc) is 3.09. The van der Waals surface area contributed by atoms with Crippen LogP contribution in [0.4, 0.5) is 0 Å². The van der Waals surface area contributed by atoms with Crippen LogP contribution in [0, 0.1) is 11.8 Å². The van der Waals surface area contributed by atoms with Gasteiger partial charge >= 0.3 is 0 Å². The van der Waals surface area contributed by atoms with Gasteiger partial charge in [-0.25, -0.2) is 5.01 Å². The van der Waals surface area contributed by atoms with E-state index in [2.05, 4.69) is 0 Å². The third-order valence-corrected chi connectivity index (χ3v) is 6.92. The quantitative estimate of drug-likeness (QED) is 0.219. The molecule has 1 aliphatic carbocycles. The highest BCUT2D eigenvalue weighted by atomic mass is 35.5. The molecule has 1 saturated heterocycles. The Balaban J connectivity index is 1.82. The molecule has 9 heteroatoms. The van der Waals surface area contributed by atoms with E-state index in [4.69, 9.17) is 34.8 Å². The number of nitrogens with zero attached hydrogens (tertiary/aromatic N) is 2. The molecule has 0 radical (unpaired) electrons. The number of hydrogen-bond donors (Lipinski definition) is 0. The van der Waals surface area contributed by atoms with Gasteiger partial charge < -0.3 is 0 Å². The van der Waals surface area contributed by atoms with Crippen molar-refractivity contribution in [1.82, 2.24) is 10.0 Å². The number of Topliss-reactive ketones (excluding diaryl/α,β-unsaturated/α-hetero) is 1. The number of alkyl halides is 1. The van der Waals surface area contributed by atoms with Gasteiger partial charge in [-0.1, -0.05) is 47.5 Å². The molecule has 3 amide bonds. The number of allylic oxidation sites excluding steroid dienone is 2. The van der Waals surface area contributed by atoms with Gasteiger partial charge in [0.15, 0.2) is 5.78 Å². The van der Waals surface area contributed by atoms with Gasteiger partial charge in [-0.05, 0) is 55.7 Å². The fraction of sp³-hybridized carbons (Fsp3) is 0.280. The monoisotopic (exact) mass is 518 g/mol. The second-order valence-corrected chi connectivity index (χ2v) is 9.36. The number of amides is 3. The predicted molar refractivity (Wildman–Crippen MR) is 130 cm³/mol. The van der Waals surface area contributed by atoms with Gasteiger partial charge in [-0.2, -0.15) is 5.01 Å². The standard InChI is InChI=1S/C25H21Cl3N2O4/c26-14-13-21(22(31)15-9-11-16(27)12-10-15)29(25(34)19-7-3-4-8-20(19)28)30-23(32)17-5-1-2-6-18(17)24(30)33/h1-4,7-12,17-18,21H,5-6,13-14H2/t17-,18-,21+/m1/s1. The second kappa shape index (κ2) is 10.3. The van der Waals surface area contributed by atoms with E-state index in [1.807, 2.05) is 12.2 Å². The maximum absolute atomic E-state index is 13.8. The highest BCUT2D eigenvalue weighted by Gasteiger charge is 2.53. The molecule has 1 heterocycles. The van der Waals surface area contributed by atoms with Crippen molar-refractivity contribution in [2.45, 2.75) is 25.3 Å². The maximum atomic E-state index is 13.8. The zero-order valence-electron chi connectivity index (χ0n) is 18.0. The smallest absolute Gasteiger partial charge is 0.275 e. The second-order valence-electron chi connectivity index (χ2n) is 8.14. The molecule has 1 fully saturated rings. The van der Waals surface area contributed by atoms with Gasteiger partial charge in [0, 0.05) is 16.5 Å². The minimum atomic E-state index is -1.21. The van der Waals surface area contributed by atoms with Crippen molar-refractivity contribution in [3.05, 3.63) is 81.9 Å². The highest BCUT2D eigenvalue weighted by Crippen LogP contribution is 2.37. The van der Waals surface area contributed by atoms with E-state index < -0.39 is 41.4 Å². The van der Waals surface area contributed by atoms with Crippen molar-refractivity contribution in [2.75, 3.05) is 5.88 Å². The van der Waals surface area contributed by atoms with Crippen LogP contribution < -0.4 is 0 Å². The van der Waals surface area contributed by atoms with E-state index >= 15 is 0 Å². The summed E-state index contributed by atoms with van der Waals surface area (Å²) in [5.74, 6) is -3.36. The Kier molecular flexibility index (Phi) is 7.41. The number of ketones is 1. The summed E-state index contributed by atoms with van der Waals surface area (Å²) in [5.41, 5.74) is 0.343. The van der Waals surface area contributed by atoms with Crippen LogP contribution in [0.1, 0.15) is 40.0 Å². The topological polar surface area (TPSA) is 74.8 Å². The van der Waals surface area contributed by atoms with E-state index in [0.717, 1.165) is 10.0 Å². The first-order chi connectivity index (χ1) is 16.3. The number of carbonyl (C=O) groups is 4. The number of benzene rings is 2. The highest BCUT2D eigenvalue weighted by molar-refractivity contribution is 6.34. The molecule has 6 nitrogen and oxygen atoms in total. The molecule has 3 atom stereocenters. The van der Waals surface area contributed by atoms with E-state index in [1.54, 1.807) is 24.3 Å². The molecule has 0 saturated carbocycles. The van der Waals surface area contributed by atoms with E-state index in [-0.39, 0.29) is 28.5 Å². The Labute approximate surface area is 212 Å². The lowest BCUT2D eigenvalue weighted by Gasteiger charge is -2.36. The van der Waals surface area contributed by atoms with Gasteiger partial charge in [0.1, 0.15) is 6.04 Å². The molecule has 1 aliphatic heterocycles. The Bertz CT molecular complexity index is 1140. The van der Waals surface area contributed by atoms with E-state index in [1.165, 1.54) is 24.3 Å². The Morgan fingerprint density at radius 3 is 2.09 bits per heavy atom. The zero-order valence-corrected chi connectivity index (χ0v) is 20.3. The van der Waals surface area contributed by atoms with Crippen molar-refractivity contribution in [1.29, 1.82) is 0 Å². The Morgan fingerprint density at radius 2 is 1.53 bits per heavy atom.